The summed E-state index contributed by atoms with van der Waals surface area (Å²) in [5, 5.41) is 9.15. The molecule has 1 aliphatic carbocycles. The van der Waals surface area contributed by atoms with E-state index in [2.05, 4.69) is 19.1 Å². The predicted octanol–water partition coefficient (Wildman–Crippen LogP) is 3.11. The Morgan fingerprint density at radius 3 is 3.00 bits per heavy atom. The summed E-state index contributed by atoms with van der Waals surface area (Å²) in [6.07, 6.45) is 10.7. The van der Waals surface area contributed by atoms with E-state index in [1.807, 2.05) is 12.2 Å². The summed E-state index contributed by atoms with van der Waals surface area (Å²) in [6.45, 7) is 2.14. The molecule has 1 heteroatoms. The molecule has 1 nitrogen and oxygen atoms in total. The molecule has 0 heterocycles. The lowest BCUT2D eigenvalue weighted by atomic mass is 10.1. The molecule has 1 N–H and O–H groups in total. The van der Waals surface area contributed by atoms with Gasteiger partial charge >= 0.3 is 0 Å². The SMILES string of the molecule is CCC1=CC/C=C(/O)C/C=C\1. The summed E-state index contributed by atoms with van der Waals surface area (Å²) < 4.78 is 0. The third kappa shape index (κ3) is 2.62. The molecule has 0 aliphatic heterocycles. The van der Waals surface area contributed by atoms with Gasteiger partial charge in [-0.2, -0.15) is 0 Å². The molecule has 0 atom stereocenters. The Hall–Kier alpha value is -0.980. The number of allylic oxidation sites excluding steroid dienone is 5. The van der Waals surface area contributed by atoms with Crippen molar-refractivity contribution in [3.05, 3.63) is 35.6 Å². The normalized spacial score (nSPS) is 25.9. The van der Waals surface area contributed by atoms with E-state index in [-0.39, 0.29) is 0 Å². The average molecular weight is 150 g/mol. The van der Waals surface area contributed by atoms with E-state index in [4.69, 9.17) is 5.11 Å². The van der Waals surface area contributed by atoms with Crippen LogP contribution in [0.3, 0.4) is 0 Å². The molecule has 1 aliphatic rings. The smallest absolute Gasteiger partial charge is 0.0923 e. The van der Waals surface area contributed by atoms with E-state index in [1.54, 1.807) is 0 Å². The second-order valence-electron chi connectivity index (χ2n) is 2.67. The third-order valence-electron chi connectivity index (χ3n) is 1.80. The van der Waals surface area contributed by atoms with Crippen LogP contribution < -0.4 is 0 Å². The standard InChI is InChI=1S/C10H14O/c1-2-9-5-3-7-10(11)8-4-6-9/h3,5-6,8,11H,2,4,7H2,1H3/b5-3-,9-6?,10-8+. The minimum Gasteiger partial charge on any atom is -0.512 e. The summed E-state index contributed by atoms with van der Waals surface area (Å²) in [4.78, 5) is 0. The van der Waals surface area contributed by atoms with Gasteiger partial charge in [0.1, 0.15) is 0 Å². The lowest BCUT2D eigenvalue weighted by Gasteiger charge is -2.01. The van der Waals surface area contributed by atoms with Crippen molar-refractivity contribution in [1.82, 2.24) is 0 Å². The van der Waals surface area contributed by atoms with Crippen molar-refractivity contribution in [3.8, 4) is 0 Å². The molecule has 11 heavy (non-hydrogen) atoms. The van der Waals surface area contributed by atoms with Crippen LogP contribution in [0.1, 0.15) is 26.2 Å². The maximum absolute atomic E-state index is 9.15. The molecule has 0 amide bonds. The molecule has 0 saturated carbocycles. The zero-order chi connectivity index (χ0) is 8.10. The van der Waals surface area contributed by atoms with E-state index < -0.39 is 0 Å². The van der Waals surface area contributed by atoms with E-state index in [1.165, 1.54) is 5.57 Å². The first kappa shape index (κ1) is 8.12. The third-order valence-corrected chi connectivity index (χ3v) is 1.80. The van der Waals surface area contributed by atoms with Crippen LogP contribution in [0, 0.1) is 0 Å². The molecule has 0 aromatic heterocycles. The van der Waals surface area contributed by atoms with Gasteiger partial charge in [-0.25, -0.2) is 0 Å². The van der Waals surface area contributed by atoms with Crippen LogP contribution in [0.25, 0.3) is 0 Å². The van der Waals surface area contributed by atoms with E-state index in [0.29, 0.717) is 12.2 Å². The molecule has 0 spiro atoms. The van der Waals surface area contributed by atoms with Crippen molar-refractivity contribution in [2.75, 3.05) is 0 Å². The molecular formula is C10H14O. The van der Waals surface area contributed by atoms with Gasteiger partial charge in [-0.05, 0) is 18.9 Å². The summed E-state index contributed by atoms with van der Waals surface area (Å²) >= 11 is 0. The monoisotopic (exact) mass is 150 g/mol. The van der Waals surface area contributed by atoms with Crippen LogP contribution in [-0.2, 0) is 0 Å². The molecule has 0 bridgehead atoms. The topological polar surface area (TPSA) is 20.2 Å². The molecule has 0 aromatic carbocycles. The van der Waals surface area contributed by atoms with E-state index >= 15 is 0 Å². The predicted molar refractivity (Wildman–Crippen MR) is 47.5 cm³/mol. The Morgan fingerprint density at radius 2 is 2.27 bits per heavy atom. The quantitative estimate of drug-likeness (QED) is 0.609. The van der Waals surface area contributed by atoms with Crippen molar-refractivity contribution in [2.24, 2.45) is 0 Å². The van der Waals surface area contributed by atoms with Crippen molar-refractivity contribution >= 4 is 0 Å². The van der Waals surface area contributed by atoms with Crippen LogP contribution in [0.5, 0.6) is 0 Å². The zero-order valence-corrected chi connectivity index (χ0v) is 6.88. The maximum Gasteiger partial charge on any atom is 0.0923 e. The summed E-state index contributed by atoms with van der Waals surface area (Å²) in [7, 11) is 0. The fourth-order valence-electron chi connectivity index (χ4n) is 1.09. The van der Waals surface area contributed by atoms with Gasteiger partial charge in [0.2, 0.25) is 0 Å². The van der Waals surface area contributed by atoms with Gasteiger partial charge < -0.3 is 5.11 Å². The number of aliphatic hydroxyl groups excluding tert-OH is 1. The second-order valence-corrected chi connectivity index (χ2v) is 2.67. The Bertz CT molecular complexity index is 209. The van der Waals surface area contributed by atoms with Crippen molar-refractivity contribution in [2.45, 2.75) is 26.2 Å². The molecule has 0 aromatic rings. The number of hydrogen-bond acceptors (Lipinski definition) is 1. The van der Waals surface area contributed by atoms with Crippen LogP contribution in [0.15, 0.2) is 35.6 Å². The highest BCUT2D eigenvalue weighted by Crippen LogP contribution is 2.11. The lowest BCUT2D eigenvalue weighted by molar-refractivity contribution is 0.399. The second kappa shape index (κ2) is 4.02. The first-order valence-corrected chi connectivity index (χ1v) is 4.06. The first-order valence-electron chi connectivity index (χ1n) is 4.06. The van der Waals surface area contributed by atoms with Crippen LogP contribution in [0.4, 0.5) is 0 Å². The van der Waals surface area contributed by atoms with Crippen LogP contribution >= 0.6 is 0 Å². The molecule has 1 rings (SSSR count). The van der Waals surface area contributed by atoms with Gasteiger partial charge in [0.15, 0.2) is 0 Å². The van der Waals surface area contributed by atoms with Gasteiger partial charge in [-0.3, -0.25) is 0 Å². The number of aliphatic hydroxyl groups is 1. The first-order chi connectivity index (χ1) is 5.33. The van der Waals surface area contributed by atoms with Crippen LogP contribution in [-0.4, -0.2) is 5.11 Å². The van der Waals surface area contributed by atoms with Crippen molar-refractivity contribution < 1.29 is 5.11 Å². The van der Waals surface area contributed by atoms with Gasteiger partial charge in [0.05, 0.1) is 5.76 Å². The average Bonchev–Trinajstić information content (AvgIpc) is 1.96. The molecule has 60 valence electrons. The minimum atomic E-state index is 0.479. The molecule has 0 saturated heterocycles. The Morgan fingerprint density at radius 1 is 1.45 bits per heavy atom. The minimum absolute atomic E-state index is 0.479. The maximum atomic E-state index is 9.15. The zero-order valence-electron chi connectivity index (χ0n) is 6.88. The van der Waals surface area contributed by atoms with Crippen molar-refractivity contribution in [3.63, 3.8) is 0 Å². The Kier molecular flexibility index (Phi) is 2.96. The number of rotatable bonds is 1. The van der Waals surface area contributed by atoms with Gasteiger partial charge in [0.25, 0.3) is 0 Å². The Labute approximate surface area is 67.7 Å². The summed E-state index contributed by atoms with van der Waals surface area (Å²) in [5.74, 6) is 0.479. The lowest BCUT2D eigenvalue weighted by Crippen LogP contribution is -1.83. The highest BCUT2D eigenvalue weighted by atomic mass is 16.3. The van der Waals surface area contributed by atoms with Gasteiger partial charge in [-0.1, -0.05) is 30.7 Å². The highest BCUT2D eigenvalue weighted by Gasteiger charge is 1.93. The molecule has 0 radical (unpaired) electrons. The van der Waals surface area contributed by atoms with Crippen LogP contribution in [0.2, 0.25) is 0 Å². The van der Waals surface area contributed by atoms with Gasteiger partial charge in [-0.15, -0.1) is 0 Å². The van der Waals surface area contributed by atoms with Gasteiger partial charge in [0, 0.05) is 6.42 Å². The van der Waals surface area contributed by atoms with E-state index in [9.17, 15) is 0 Å². The molecule has 0 fully saturated rings. The van der Waals surface area contributed by atoms with E-state index in [0.717, 1.165) is 12.8 Å². The summed E-state index contributed by atoms with van der Waals surface area (Å²) in [5.41, 5.74) is 1.36. The molecular weight excluding hydrogens is 136 g/mol. The fraction of sp³-hybridized carbons (Fsp3) is 0.400. The fourth-order valence-corrected chi connectivity index (χ4v) is 1.09. The Balaban J connectivity index is 2.68. The number of hydrogen-bond donors (Lipinski definition) is 1. The highest BCUT2D eigenvalue weighted by molar-refractivity contribution is 5.22. The molecule has 0 unspecified atom stereocenters. The van der Waals surface area contributed by atoms with Crippen molar-refractivity contribution in [1.29, 1.82) is 0 Å². The summed E-state index contributed by atoms with van der Waals surface area (Å²) in [6, 6.07) is 0. The largest absolute Gasteiger partial charge is 0.512 e.